The molecule has 1 nitrogen and oxygen atoms in total. The normalized spacial score (nSPS) is 19.1. The van der Waals surface area contributed by atoms with Gasteiger partial charge in [0.2, 0.25) is 0 Å². The van der Waals surface area contributed by atoms with E-state index in [1.165, 1.54) is 36.2 Å². The van der Waals surface area contributed by atoms with Crippen LogP contribution in [-0.2, 0) is 12.8 Å². The molecule has 0 aliphatic heterocycles. The second kappa shape index (κ2) is 4.06. The fourth-order valence-electron chi connectivity index (χ4n) is 3.15. The van der Waals surface area contributed by atoms with Gasteiger partial charge >= 0.3 is 0 Å². The molecule has 1 unspecified atom stereocenters. The molecule has 1 aromatic carbocycles. The van der Waals surface area contributed by atoms with Crippen molar-refractivity contribution in [2.24, 2.45) is 0 Å². The molecule has 1 aliphatic rings. The highest BCUT2D eigenvalue weighted by Crippen LogP contribution is 2.30. The first-order valence-electron chi connectivity index (χ1n) is 6.47. The Morgan fingerprint density at radius 2 is 1.59 bits per heavy atom. The standard InChI is InChI=1S/C16H19N/c1-12-7-8-13(2)17(12)16-10-9-14-5-3-4-6-15(14)11-16/h3-8,16H,9-11H2,1-2H3. The lowest BCUT2D eigenvalue weighted by atomic mass is 9.88. The average molecular weight is 225 g/mol. The zero-order valence-corrected chi connectivity index (χ0v) is 10.6. The van der Waals surface area contributed by atoms with Crippen LogP contribution in [0.4, 0.5) is 0 Å². The van der Waals surface area contributed by atoms with E-state index in [0.29, 0.717) is 6.04 Å². The molecular formula is C16H19N. The number of rotatable bonds is 1. The maximum atomic E-state index is 2.51. The zero-order chi connectivity index (χ0) is 11.8. The summed E-state index contributed by atoms with van der Waals surface area (Å²) >= 11 is 0. The molecule has 1 heterocycles. The second-order valence-corrected chi connectivity index (χ2v) is 5.15. The fourth-order valence-corrected chi connectivity index (χ4v) is 3.15. The summed E-state index contributed by atoms with van der Waals surface area (Å²) in [5, 5.41) is 0. The van der Waals surface area contributed by atoms with Gasteiger partial charge in [-0.2, -0.15) is 0 Å². The van der Waals surface area contributed by atoms with Gasteiger partial charge < -0.3 is 4.57 Å². The van der Waals surface area contributed by atoms with Crippen LogP contribution in [0.5, 0.6) is 0 Å². The van der Waals surface area contributed by atoms with E-state index in [0.717, 1.165) is 0 Å². The predicted molar refractivity (Wildman–Crippen MR) is 71.4 cm³/mol. The third kappa shape index (κ3) is 1.80. The smallest absolute Gasteiger partial charge is 0.0379 e. The Labute approximate surface area is 103 Å². The molecule has 1 aliphatic carbocycles. The van der Waals surface area contributed by atoms with Gasteiger partial charge in [0.1, 0.15) is 0 Å². The molecule has 0 amide bonds. The van der Waals surface area contributed by atoms with Crippen molar-refractivity contribution in [1.29, 1.82) is 0 Å². The van der Waals surface area contributed by atoms with Crippen LogP contribution in [0.15, 0.2) is 36.4 Å². The van der Waals surface area contributed by atoms with Crippen molar-refractivity contribution in [3.63, 3.8) is 0 Å². The van der Waals surface area contributed by atoms with Gasteiger partial charge in [-0.3, -0.25) is 0 Å². The van der Waals surface area contributed by atoms with Gasteiger partial charge in [-0.05, 0) is 56.4 Å². The molecule has 0 radical (unpaired) electrons. The molecule has 3 rings (SSSR count). The van der Waals surface area contributed by atoms with Gasteiger partial charge in [-0.25, -0.2) is 0 Å². The number of hydrogen-bond acceptors (Lipinski definition) is 0. The van der Waals surface area contributed by atoms with Gasteiger partial charge in [0.15, 0.2) is 0 Å². The molecule has 0 spiro atoms. The molecule has 0 saturated carbocycles. The van der Waals surface area contributed by atoms with Gasteiger partial charge in [0.25, 0.3) is 0 Å². The number of nitrogens with zero attached hydrogens (tertiary/aromatic N) is 1. The van der Waals surface area contributed by atoms with E-state index < -0.39 is 0 Å². The van der Waals surface area contributed by atoms with E-state index in [1.807, 2.05) is 0 Å². The van der Waals surface area contributed by atoms with Crippen molar-refractivity contribution in [1.82, 2.24) is 4.57 Å². The highest BCUT2D eigenvalue weighted by molar-refractivity contribution is 5.31. The zero-order valence-electron chi connectivity index (χ0n) is 10.6. The Morgan fingerprint density at radius 3 is 2.29 bits per heavy atom. The lowest BCUT2D eigenvalue weighted by molar-refractivity contribution is 0.430. The summed E-state index contributed by atoms with van der Waals surface area (Å²) in [7, 11) is 0. The number of benzene rings is 1. The minimum absolute atomic E-state index is 0.653. The minimum atomic E-state index is 0.653. The van der Waals surface area contributed by atoms with E-state index in [1.54, 1.807) is 5.56 Å². The van der Waals surface area contributed by atoms with Crippen molar-refractivity contribution >= 4 is 0 Å². The van der Waals surface area contributed by atoms with Crippen LogP contribution < -0.4 is 0 Å². The Kier molecular flexibility index (Phi) is 2.54. The van der Waals surface area contributed by atoms with Gasteiger partial charge in [-0.1, -0.05) is 24.3 Å². The number of aromatic nitrogens is 1. The summed E-state index contributed by atoms with van der Waals surface area (Å²) in [5.41, 5.74) is 5.88. The summed E-state index contributed by atoms with van der Waals surface area (Å²) in [6.07, 6.45) is 3.68. The number of aryl methyl sites for hydroxylation is 3. The molecule has 0 bridgehead atoms. The lowest BCUT2D eigenvalue weighted by Crippen LogP contribution is -2.20. The Bertz CT molecular complexity index is 517. The Morgan fingerprint density at radius 1 is 0.941 bits per heavy atom. The summed E-state index contributed by atoms with van der Waals surface area (Å²) < 4.78 is 2.51. The number of hydrogen-bond donors (Lipinski definition) is 0. The van der Waals surface area contributed by atoms with Crippen molar-refractivity contribution in [3.8, 4) is 0 Å². The van der Waals surface area contributed by atoms with Crippen LogP contribution in [-0.4, -0.2) is 4.57 Å². The lowest BCUT2D eigenvalue weighted by Gasteiger charge is -2.28. The molecule has 1 aromatic heterocycles. The summed E-state index contributed by atoms with van der Waals surface area (Å²) in [6.45, 7) is 4.43. The first kappa shape index (κ1) is 10.6. The van der Waals surface area contributed by atoms with Crippen LogP contribution in [0.1, 0.15) is 35.0 Å². The highest BCUT2D eigenvalue weighted by atomic mass is 15.0. The van der Waals surface area contributed by atoms with Crippen molar-refractivity contribution in [2.75, 3.05) is 0 Å². The van der Waals surface area contributed by atoms with Crippen molar-refractivity contribution < 1.29 is 0 Å². The largest absolute Gasteiger partial charge is 0.346 e. The second-order valence-electron chi connectivity index (χ2n) is 5.15. The van der Waals surface area contributed by atoms with E-state index in [4.69, 9.17) is 0 Å². The monoisotopic (exact) mass is 225 g/mol. The first-order chi connectivity index (χ1) is 8.25. The maximum absolute atomic E-state index is 2.51. The highest BCUT2D eigenvalue weighted by Gasteiger charge is 2.21. The molecule has 2 aromatic rings. The maximum Gasteiger partial charge on any atom is 0.0379 e. The van der Waals surface area contributed by atoms with Crippen molar-refractivity contribution in [2.45, 2.75) is 39.2 Å². The average Bonchev–Trinajstić information content (AvgIpc) is 2.68. The van der Waals surface area contributed by atoms with Crippen molar-refractivity contribution in [3.05, 3.63) is 58.9 Å². The van der Waals surface area contributed by atoms with Crippen LogP contribution in [0, 0.1) is 13.8 Å². The molecule has 88 valence electrons. The van der Waals surface area contributed by atoms with Crippen LogP contribution in [0.2, 0.25) is 0 Å². The quantitative estimate of drug-likeness (QED) is 0.695. The van der Waals surface area contributed by atoms with E-state index in [2.05, 4.69) is 54.8 Å². The third-order valence-corrected chi connectivity index (χ3v) is 4.01. The van der Waals surface area contributed by atoms with Crippen LogP contribution in [0.25, 0.3) is 0 Å². The van der Waals surface area contributed by atoms with Gasteiger partial charge in [0.05, 0.1) is 0 Å². The topological polar surface area (TPSA) is 4.93 Å². The summed E-state index contributed by atoms with van der Waals surface area (Å²) in [6, 6.07) is 14.0. The molecule has 1 heteroatoms. The van der Waals surface area contributed by atoms with E-state index in [-0.39, 0.29) is 0 Å². The Hall–Kier alpha value is -1.50. The van der Waals surface area contributed by atoms with Gasteiger partial charge in [-0.15, -0.1) is 0 Å². The van der Waals surface area contributed by atoms with Crippen LogP contribution >= 0.6 is 0 Å². The third-order valence-electron chi connectivity index (χ3n) is 4.01. The molecule has 0 saturated heterocycles. The minimum Gasteiger partial charge on any atom is -0.346 e. The number of fused-ring (bicyclic) bond motifs is 1. The summed E-state index contributed by atoms with van der Waals surface area (Å²) in [5.74, 6) is 0. The Balaban J connectivity index is 1.95. The predicted octanol–water partition coefficient (Wildman–Crippen LogP) is 3.83. The first-order valence-corrected chi connectivity index (χ1v) is 6.47. The molecule has 0 N–H and O–H groups in total. The van der Waals surface area contributed by atoms with E-state index >= 15 is 0 Å². The fraction of sp³-hybridized carbons (Fsp3) is 0.375. The summed E-state index contributed by atoms with van der Waals surface area (Å²) in [4.78, 5) is 0. The molecule has 1 atom stereocenters. The molecule has 0 fully saturated rings. The molecular weight excluding hydrogens is 206 g/mol. The van der Waals surface area contributed by atoms with E-state index in [9.17, 15) is 0 Å². The molecule has 17 heavy (non-hydrogen) atoms. The SMILES string of the molecule is Cc1ccc(C)n1C1CCc2ccccc2C1. The van der Waals surface area contributed by atoms with Crippen LogP contribution in [0.3, 0.4) is 0 Å². The van der Waals surface area contributed by atoms with Gasteiger partial charge in [0, 0.05) is 17.4 Å².